The monoisotopic (exact) mass is 457 g/mol. The Hall–Kier alpha value is -2.20. The van der Waals surface area contributed by atoms with Crippen molar-refractivity contribution < 1.29 is 23.9 Å². The van der Waals surface area contributed by atoms with E-state index in [0.717, 1.165) is 27.2 Å². The number of thiophene rings is 1. The first-order valence-electron chi connectivity index (χ1n) is 8.09. The molecule has 2 aromatic heterocycles. The van der Waals surface area contributed by atoms with Gasteiger partial charge in [0.05, 0.1) is 35.1 Å². The Balaban J connectivity index is 2.32. The number of rotatable bonds is 6. The van der Waals surface area contributed by atoms with Crippen LogP contribution in [0.5, 0.6) is 0 Å². The molecule has 0 radical (unpaired) electrons. The molecule has 2 rings (SSSR count). The molecule has 0 saturated heterocycles. The number of esters is 2. The van der Waals surface area contributed by atoms with Gasteiger partial charge >= 0.3 is 11.9 Å². The maximum absolute atomic E-state index is 12.5. The zero-order valence-electron chi connectivity index (χ0n) is 15.6. The highest BCUT2D eigenvalue weighted by molar-refractivity contribution is 9.10. The molecule has 0 aliphatic rings. The van der Waals surface area contributed by atoms with Crippen molar-refractivity contribution in [2.45, 2.75) is 34.2 Å². The largest absolute Gasteiger partial charge is 0.465 e. The van der Waals surface area contributed by atoms with Crippen LogP contribution in [0.1, 0.15) is 43.9 Å². The standard InChI is InChI=1S/C17H20BrN3O5S/c1-6-26-17(24)14-8(2)12(16(23)25-5)15(27-14)19-11(22)7-21-10(4)13(18)9(3)20-21/h6-7H2,1-5H3,(H,19,22). The van der Waals surface area contributed by atoms with Gasteiger partial charge in [0.25, 0.3) is 0 Å². The SMILES string of the molecule is CCOC(=O)c1sc(NC(=O)Cn2nc(C)c(Br)c2C)c(C(=O)OC)c1C. The van der Waals surface area contributed by atoms with E-state index >= 15 is 0 Å². The highest BCUT2D eigenvalue weighted by Crippen LogP contribution is 2.34. The topological polar surface area (TPSA) is 99.5 Å². The number of anilines is 1. The van der Waals surface area contributed by atoms with Crippen molar-refractivity contribution in [3.8, 4) is 0 Å². The molecule has 146 valence electrons. The fourth-order valence-corrected chi connectivity index (χ4v) is 3.86. The van der Waals surface area contributed by atoms with Crippen LogP contribution in [-0.4, -0.2) is 41.3 Å². The molecule has 0 spiro atoms. The van der Waals surface area contributed by atoms with E-state index in [4.69, 9.17) is 9.47 Å². The molecule has 27 heavy (non-hydrogen) atoms. The summed E-state index contributed by atoms with van der Waals surface area (Å²) < 4.78 is 12.2. The van der Waals surface area contributed by atoms with Crippen molar-refractivity contribution in [1.82, 2.24) is 9.78 Å². The summed E-state index contributed by atoms with van der Waals surface area (Å²) in [5.41, 5.74) is 2.14. The van der Waals surface area contributed by atoms with Gasteiger partial charge in [-0.2, -0.15) is 5.10 Å². The minimum Gasteiger partial charge on any atom is -0.465 e. The molecule has 0 aliphatic carbocycles. The third kappa shape index (κ3) is 4.38. The summed E-state index contributed by atoms with van der Waals surface area (Å²) in [6.45, 7) is 7.14. The van der Waals surface area contributed by atoms with Gasteiger partial charge in [-0.15, -0.1) is 11.3 Å². The van der Waals surface area contributed by atoms with Gasteiger partial charge in [-0.25, -0.2) is 9.59 Å². The molecule has 0 aromatic carbocycles. The fourth-order valence-electron chi connectivity index (χ4n) is 2.47. The lowest BCUT2D eigenvalue weighted by molar-refractivity contribution is -0.116. The van der Waals surface area contributed by atoms with Crippen molar-refractivity contribution in [2.75, 3.05) is 19.0 Å². The van der Waals surface area contributed by atoms with Crippen LogP contribution in [0.3, 0.4) is 0 Å². The van der Waals surface area contributed by atoms with Gasteiger partial charge in [0, 0.05) is 0 Å². The minimum absolute atomic E-state index is 0.0371. The van der Waals surface area contributed by atoms with E-state index in [0.29, 0.717) is 5.56 Å². The number of hydrogen-bond acceptors (Lipinski definition) is 7. The van der Waals surface area contributed by atoms with Crippen LogP contribution in [-0.2, 0) is 20.8 Å². The van der Waals surface area contributed by atoms with Crippen LogP contribution < -0.4 is 5.32 Å². The lowest BCUT2D eigenvalue weighted by atomic mass is 10.1. The second-order valence-corrected chi connectivity index (χ2v) is 7.48. The second-order valence-electron chi connectivity index (χ2n) is 5.66. The third-order valence-electron chi connectivity index (χ3n) is 3.84. The van der Waals surface area contributed by atoms with E-state index in [2.05, 4.69) is 26.3 Å². The second kappa shape index (κ2) is 8.66. The average Bonchev–Trinajstić information content (AvgIpc) is 3.06. The Kier molecular flexibility index (Phi) is 6.77. The van der Waals surface area contributed by atoms with Crippen molar-refractivity contribution in [1.29, 1.82) is 0 Å². The van der Waals surface area contributed by atoms with E-state index in [1.165, 1.54) is 7.11 Å². The Morgan fingerprint density at radius 3 is 2.41 bits per heavy atom. The van der Waals surface area contributed by atoms with E-state index in [9.17, 15) is 14.4 Å². The number of amides is 1. The first kappa shape index (κ1) is 21.1. The number of methoxy groups -OCH3 is 1. The molecule has 0 bridgehead atoms. The Morgan fingerprint density at radius 1 is 1.22 bits per heavy atom. The van der Waals surface area contributed by atoms with Crippen LogP contribution in [0.2, 0.25) is 0 Å². The van der Waals surface area contributed by atoms with Gasteiger partial charge in [-0.3, -0.25) is 9.48 Å². The maximum Gasteiger partial charge on any atom is 0.348 e. The van der Waals surface area contributed by atoms with Crippen LogP contribution in [0.4, 0.5) is 5.00 Å². The summed E-state index contributed by atoms with van der Waals surface area (Å²) in [6.07, 6.45) is 0. The molecule has 1 N–H and O–H groups in total. The number of nitrogens with zero attached hydrogens (tertiary/aromatic N) is 2. The highest BCUT2D eigenvalue weighted by Gasteiger charge is 2.27. The number of halogens is 1. The number of aryl methyl sites for hydroxylation is 1. The van der Waals surface area contributed by atoms with E-state index in [1.807, 2.05) is 13.8 Å². The first-order valence-corrected chi connectivity index (χ1v) is 9.70. The minimum atomic E-state index is -0.636. The molecule has 1 amide bonds. The number of ether oxygens (including phenoxy) is 2. The van der Waals surface area contributed by atoms with Crippen molar-refractivity contribution in [3.05, 3.63) is 31.9 Å². The van der Waals surface area contributed by atoms with Gasteiger partial charge in [0.1, 0.15) is 16.4 Å². The Morgan fingerprint density at radius 2 is 1.89 bits per heavy atom. The Bertz CT molecular complexity index is 903. The maximum atomic E-state index is 12.5. The van der Waals surface area contributed by atoms with Gasteiger partial charge < -0.3 is 14.8 Å². The molecule has 0 unspecified atom stereocenters. The summed E-state index contributed by atoms with van der Waals surface area (Å²) >= 11 is 4.40. The molecule has 0 saturated carbocycles. The zero-order chi connectivity index (χ0) is 20.3. The van der Waals surface area contributed by atoms with E-state index in [1.54, 1.807) is 18.5 Å². The van der Waals surface area contributed by atoms with Crippen molar-refractivity contribution in [2.24, 2.45) is 0 Å². The summed E-state index contributed by atoms with van der Waals surface area (Å²) in [5, 5.41) is 7.21. The van der Waals surface area contributed by atoms with E-state index < -0.39 is 11.9 Å². The molecular formula is C17H20BrN3O5S. The average molecular weight is 458 g/mol. The van der Waals surface area contributed by atoms with Gasteiger partial charge in [0.15, 0.2) is 0 Å². The number of aromatic nitrogens is 2. The number of carbonyl (C=O) groups is 3. The Labute approximate surface area is 169 Å². The predicted molar refractivity (Wildman–Crippen MR) is 104 cm³/mol. The van der Waals surface area contributed by atoms with Gasteiger partial charge in [-0.1, -0.05) is 0 Å². The van der Waals surface area contributed by atoms with Crippen LogP contribution in [0.25, 0.3) is 0 Å². The van der Waals surface area contributed by atoms with Crippen LogP contribution in [0.15, 0.2) is 4.47 Å². The first-order chi connectivity index (χ1) is 12.7. The molecular weight excluding hydrogens is 438 g/mol. The van der Waals surface area contributed by atoms with Gasteiger partial charge in [-0.05, 0) is 49.2 Å². The number of hydrogen-bond donors (Lipinski definition) is 1. The smallest absolute Gasteiger partial charge is 0.348 e. The quantitative estimate of drug-likeness (QED) is 0.668. The summed E-state index contributed by atoms with van der Waals surface area (Å²) in [5.74, 6) is -1.56. The predicted octanol–water partition coefficient (Wildman–Crippen LogP) is 3.23. The van der Waals surface area contributed by atoms with Crippen molar-refractivity contribution in [3.63, 3.8) is 0 Å². The number of carbonyl (C=O) groups excluding carboxylic acids is 3. The van der Waals surface area contributed by atoms with Crippen LogP contribution >= 0.6 is 27.3 Å². The summed E-state index contributed by atoms with van der Waals surface area (Å²) in [4.78, 5) is 37.0. The molecule has 8 nitrogen and oxygen atoms in total. The van der Waals surface area contributed by atoms with Crippen molar-refractivity contribution >= 4 is 50.1 Å². The fraction of sp³-hybridized carbons (Fsp3) is 0.412. The number of nitrogens with one attached hydrogen (secondary N) is 1. The molecule has 2 aromatic rings. The van der Waals surface area contributed by atoms with Gasteiger partial charge in [0.2, 0.25) is 5.91 Å². The highest BCUT2D eigenvalue weighted by atomic mass is 79.9. The molecule has 0 fully saturated rings. The molecule has 0 aliphatic heterocycles. The molecule has 2 heterocycles. The lowest BCUT2D eigenvalue weighted by Gasteiger charge is -2.07. The summed E-state index contributed by atoms with van der Waals surface area (Å²) in [6, 6.07) is 0. The molecule has 0 atom stereocenters. The lowest BCUT2D eigenvalue weighted by Crippen LogP contribution is -2.21. The normalized spacial score (nSPS) is 10.6. The molecule has 10 heteroatoms. The third-order valence-corrected chi connectivity index (χ3v) is 6.17. The van der Waals surface area contributed by atoms with Crippen LogP contribution in [0, 0.1) is 20.8 Å². The summed E-state index contributed by atoms with van der Waals surface area (Å²) in [7, 11) is 1.24. The zero-order valence-corrected chi connectivity index (χ0v) is 18.0. The van der Waals surface area contributed by atoms with E-state index in [-0.39, 0.29) is 34.5 Å².